The molecule has 8 heteroatoms. The van der Waals surface area contributed by atoms with Crippen molar-refractivity contribution in [2.45, 2.75) is 37.1 Å². The van der Waals surface area contributed by atoms with Crippen LogP contribution >= 0.6 is 0 Å². The standard InChI is InChI=1S/C18H26N2O5S/c1-13(21)20-18(2,15-4-6-16(7-5-15)26(3,23)24)17(22)19-12-14-8-10-25-11-9-14/h4-7,14H,8-12H2,1-3H3,(H,19,22)(H,20,21). The van der Waals surface area contributed by atoms with Crippen LogP contribution in [0.25, 0.3) is 0 Å². The van der Waals surface area contributed by atoms with Crippen LogP contribution < -0.4 is 10.6 Å². The van der Waals surface area contributed by atoms with Gasteiger partial charge in [0.15, 0.2) is 9.84 Å². The fourth-order valence-corrected chi connectivity index (χ4v) is 3.64. The van der Waals surface area contributed by atoms with Gasteiger partial charge in [-0.15, -0.1) is 0 Å². The molecular weight excluding hydrogens is 356 g/mol. The summed E-state index contributed by atoms with van der Waals surface area (Å²) in [4.78, 5) is 24.7. The topological polar surface area (TPSA) is 102 Å². The Kier molecular flexibility index (Phi) is 6.41. The van der Waals surface area contributed by atoms with Crippen molar-refractivity contribution in [2.24, 2.45) is 5.92 Å². The Morgan fingerprint density at radius 1 is 1.19 bits per heavy atom. The zero-order valence-corrected chi connectivity index (χ0v) is 16.2. The van der Waals surface area contributed by atoms with Crippen molar-refractivity contribution in [1.29, 1.82) is 0 Å². The molecule has 0 aliphatic carbocycles. The van der Waals surface area contributed by atoms with Gasteiger partial charge >= 0.3 is 0 Å². The molecule has 0 aromatic heterocycles. The minimum Gasteiger partial charge on any atom is -0.381 e. The number of benzene rings is 1. The second kappa shape index (κ2) is 8.18. The largest absolute Gasteiger partial charge is 0.381 e. The molecule has 1 aliphatic heterocycles. The SMILES string of the molecule is CC(=O)NC(C)(C(=O)NCC1CCOCC1)c1ccc(S(C)(=O)=O)cc1. The van der Waals surface area contributed by atoms with E-state index in [1.807, 2.05) is 0 Å². The van der Waals surface area contributed by atoms with Gasteiger partial charge in [0.1, 0.15) is 5.54 Å². The molecule has 0 saturated carbocycles. The molecule has 2 N–H and O–H groups in total. The summed E-state index contributed by atoms with van der Waals surface area (Å²) in [5, 5.41) is 5.61. The molecule has 1 aromatic carbocycles. The van der Waals surface area contributed by atoms with E-state index in [1.165, 1.54) is 19.1 Å². The molecule has 7 nitrogen and oxygen atoms in total. The van der Waals surface area contributed by atoms with Crippen LogP contribution in [0, 0.1) is 5.92 Å². The zero-order chi connectivity index (χ0) is 19.4. The van der Waals surface area contributed by atoms with Crippen LogP contribution in [0.1, 0.15) is 32.3 Å². The summed E-state index contributed by atoms with van der Waals surface area (Å²) in [6.07, 6.45) is 2.90. The van der Waals surface area contributed by atoms with Crippen molar-refractivity contribution in [1.82, 2.24) is 10.6 Å². The molecule has 0 bridgehead atoms. The molecule has 0 spiro atoms. The van der Waals surface area contributed by atoms with Gasteiger partial charge in [-0.3, -0.25) is 9.59 Å². The van der Waals surface area contributed by atoms with Crippen LogP contribution in [0.4, 0.5) is 0 Å². The molecule has 1 heterocycles. The van der Waals surface area contributed by atoms with E-state index in [0.29, 0.717) is 31.2 Å². The average molecular weight is 382 g/mol. The van der Waals surface area contributed by atoms with Gasteiger partial charge in [-0.25, -0.2) is 8.42 Å². The van der Waals surface area contributed by atoms with Gasteiger partial charge in [0, 0.05) is 32.9 Å². The van der Waals surface area contributed by atoms with E-state index in [9.17, 15) is 18.0 Å². The van der Waals surface area contributed by atoms with Gasteiger partial charge in [0.2, 0.25) is 11.8 Å². The number of carbonyl (C=O) groups excluding carboxylic acids is 2. The first-order chi connectivity index (χ1) is 12.1. The Morgan fingerprint density at radius 2 is 1.77 bits per heavy atom. The molecule has 1 saturated heterocycles. The molecule has 144 valence electrons. The number of sulfone groups is 1. The van der Waals surface area contributed by atoms with Crippen molar-refractivity contribution in [2.75, 3.05) is 26.0 Å². The predicted molar refractivity (Wildman–Crippen MR) is 97.3 cm³/mol. The second-order valence-electron chi connectivity index (χ2n) is 6.87. The van der Waals surface area contributed by atoms with Gasteiger partial charge in [0.25, 0.3) is 0 Å². The van der Waals surface area contributed by atoms with E-state index < -0.39 is 15.4 Å². The zero-order valence-electron chi connectivity index (χ0n) is 15.4. The minimum absolute atomic E-state index is 0.161. The van der Waals surface area contributed by atoms with E-state index in [-0.39, 0.29) is 16.7 Å². The number of nitrogens with one attached hydrogen (secondary N) is 2. The van der Waals surface area contributed by atoms with Gasteiger partial charge in [-0.05, 0) is 43.4 Å². The fourth-order valence-electron chi connectivity index (χ4n) is 3.01. The van der Waals surface area contributed by atoms with E-state index in [1.54, 1.807) is 19.1 Å². The molecule has 1 fully saturated rings. The molecular formula is C18H26N2O5S. The Morgan fingerprint density at radius 3 is 2.27 bits per heavy atom. The van der Waals surface area contributed by atoms with Crippen LogP contribution in [0.2, 0.25) is 0 Å². The molecule has 2 amide bonds. The lowest BCUT2D eigenvalue weighted by molar-refractivity contribution is -0.132. The van der Waals surface area contributed by atoms with E-state index in [0.717, 1.165) is 19.1 Å². The molecule has 1 aliphatic rings. The second-order valence-corrected chi connectivity index (χ2v) is 8.88. The van der Waals surface area contributed by atoms with Gasteiger partial charge in [-0.2, -0.15) is 0 Å². The lowest BCUT2D eigenvalue weighted by Crippen LogP contribution is -2.54. The van der Waals surface area contributed by atoms with Crippen molar-refractivity contribution in [3.8, 4) is 0 Å². The monoisotopic (exact) mass is 382 g/mol. The Labute approximate surface area is 154 Å². The third-order valence-corrected chi connectivity index (χ3v) is 5.76. The highest BCUT2D eigenvalue weighted by Gasteiger charge is 2.36. The van der Waals surface area contributed by atoms with Crippen LogP contribution in [0.15, 0.2) is 29.2 Å². The maximum absolute atomic E-state index is 12.9. The summed E-state index contributed by atoms with van der Waals surface area (Å²) < 4.78 is 28.6. The smallest absolute Gasteiger partial charge is 0.250 e. The maximum Gasteiger partial charge on any atom is 0.250 e. The normalized spacial score (nSPS) is 18.0. The Bertz CT molecular complexity index is 754. The number of ether oxygens (including phenoxy) is 1. The van der Waals surface area contributed by atoms with Crippen molar-refractivity contribution in [3.63, 3.8) is 0 Å². The maximum atomic E-state index is 12.9. The number of amides is 2. The molecule has 1 aromatic rings. The Hall–Kier alpha value is -1.93. The van der Waals surface area contributed by atoms with Crippen molar-refractivity contribution < 1.29 is 22.7 Å². The summed E-state index contributed by atoms with van der Waals surface area (Å²) in [5.74, 6) is -0.325. The first-order valence-corrected chi connectivity index (χ1v) is 10.5. The number of carbonyl (C=O) groups is 2. The fraction of sp³-hybridized carbons (Fsp3) is 0.556. The lowest BCUT2D eigenvalue weighted by atomic mass is 9.90. The number of rotatable bonds is 6. The summed E-state index contributed by atoms with van der Waals surface area (Å²) in [7, 11) is -3.33. The third-order valence-electron chi connectivity index (χ3n) is 4.63. The highest BCUT2D eigenvalue weighted by molar-refractivity contribution is 7.90. The number of hydrogen-bond donors (Lipinski definition) is 2. The average Bonchev–Trinajstić information content (AvgIpc) is 2.59. The molecule has 1 unspecified atom stereocenters. The van der Waals surface area contributed by atoms with E-state index in [2.05, 4.69) is 10.6 Å². The van der Waals surface area contributed by atoms with Crippen LogP contribution in [-0.2, 0) is 29.7 Å². The molecule has 1 atom stereocenters. The highest BCUT2D eigenvalue weighted by atomic mass is 32.2. The third kappa shape index (κ3) is 5.04. The molecule has 0 radical (unpaired) electrons. The Balaban J connectivity index is 2.20. The van der Waals surface area contributed by atoms with Gasteiger partial charge < -0.3 is 15.4 Å². The van der Waals surface area contributed by atoms with E-state index in [4.69, 9.17) is 4.74 Å². The van der Waals surface area contributed by atoms with Crippen LogP contribution in [0.3, 0.4) is 0 Å². The predicted octanol–water partition coefficient (Wildman–Crippen LogP) is 0.984. The highest BCUT2D eigenvalue weighted by Crippen LogP contribution is 2.24. The van der Waals surface area contributed by atoms with Crippen molar-refractivity contribution in [3.05, 3.63) is 29.8 Å². The van der Waals surface area contributed by atoms with Gasteiger partial charge in [0.05, 0.1) is 4.90 Å². The minimum atomic E-state index is -3.33. The lowest BCUT2D eigenvalue weighted by Gasteiger charge is -2.31. The molecule has 2 rings (SSSR count). The van der Waals surface area contributed by atoms with Gasteiger partial charge in [-0.1, -0.05) is 12.1 Å². The van der Waals surface area contributed by atoms with E-state index >= 15 is 0 Å². The summed E-state index contributed by atoms with van der Waals surface area (Å²) >= 11 is 0. The summed E-state index contributed by atoms with van der Waals surface area (Å²) in [5.41, 5.74) is -0.767. The summed E-state index contributed by atoms with van der Waals surface area (Å²) in [6.45, 7) is 4.85. The first kappa shape index (κ1) is 20.4. The van der Waals surface area contributed by atoms with Crippen LogP contribution in [0.5, 0.6) is 0 Å². The van der Waals surface area contributed by atoms with Crippen LogP contribution in [-0.4, -0.2) is 46.2 Å². The quantitative estimate of drug-likeness (QED) is 0.764. The number of hydrogen-bond acceptors (Lipinski definition) is 5. The van der Waals surface area contributed by atoms with Crippen molar-refractivity contribution >= 4 is 21.7 Å². The summed E-state index contributed by atoms with van der Waals surface area (Å²) in [6, 6.07) is 5.99. The first-order valence-electron chi connectivity index (χ1n) is 8.58. The molecule has 26 heavy (non-hydrogen) atoms.